The van der Waals surface area contributed by atoms with Crippen molar-refractivity contribution in [2.24, 2.45) is 0 Å². The Kier molecular flexibility index (Phi) is 5.35. The van der Waals surface area contributed by atoms with E-state index in [-0.39, 0.29) is 9.79 Å². The molecular weight excluding hydrogens is 360 g/mol. The molecule has 1 aromatic carbocycles. The van der Waals surface area contributed by atoms with Crippen molar-refractivity contribution in [2.45, 2.75) is 63.4 Å². The van der Waals surface area contributed by atoms with Crippen molar-refractivity contribution in [1.82, 2.24) is 19.9 Å². The molecule has 6 nitrogen and oxygen atoms in total. The number of hydrogen-bond acceptors (Lipinski definition) is 5. The van der Waals surface area contributed by atoms with Crippen LogP contribution in [0.2, 0.25) is 0 Å². The molecule has 144 valence electrons. The highest BCUT2D eigenvalue weighted by Crippen LogP contribution is 2.29. The van der Waals surface area contributed by atoms with Gasteiger partial charge in [-0.1, -0.05) is 39.0 Å². The molecule has 2 aromatic heterocycles. The van der Waals surface area contributed by atoms with Gasteiger partial charge in [0.1, 0.15) is 4.90 Å². The van der Waals surface area contributed by atoms with Gasteiger partial charge in [-0.15, -0.1) is 0 Å². The average Bonchev–Trinajstić information content (AvgIpc) is 3.01. The van der Waals surface area contributed by atoms with Crippen LogP contribution in [0.1, 0.15) is 43.4 Å². The second kappa shape index (κ2) is 7.40. The lowest BCUT2D eigenvalue weighted by atomic mass is 10.1. The lowest BCUT2D eigenvalue weighted by Crippen LogP contribution is -2.24. The van der Waals surface area contributed by atoms with Crippen molar-refractivity contribution in [2.75, 3.05) is 0 Å². The second-order valence-electron chi connectivity index (χ2n) is 6.98. The van der Waals surface area contributed by atoms with Crippen molar-refractivity contribution in [3.63, 3.8) is 0 Å². The van der Waals surface area contributed by atoms with Crippen LogP contribution < -0.4 is 5.32 Å². The number of nitrogens with one attached hydrogen (secondary N) is 1. The standard InChI is InChI=1S/C20H26N4O2S/c1-6-18-19(27(25,26)16-10-8-7-9-11-16)20-22-14(4)17(12-21-13(2)3)15(5)24(20)23-18/h7-11,13,21H,6,12H2,1-5H3. The highest BCUT2D eigenvalue weighted by molar-refractivity contribution is 7.91. The molecule has 0 aliphatic carbocycles. The zero-order valence-corrected chi connectivity index (χ0v) is 17.3. The maximum absolute atomic E-state index is 13.3. The first-order valence-corrected chi connectivity index (χ1v) is 10.7. The minimum atomic E-state index is -3.70. The summed E-state index contributed by atoms with van der Waals surface area (Å²) in [6.45, 7) is 10.6. The van der Waals surface area contributed by atoms with E-state index in [9.17, 15) is 8.42 Å². The minimum Gasteiger partial charge on any atom is -0.310 e. The van der Waals surface area contributed by atoms with E-state index < -0.39 is 9.84 Å². The molecule has 0 unspecified atom stereocenters. The Morgan fingerprint density at radius 3 is 2.41 bits per heavy atom. The van der Waals surface area contributed by atoms with Crippen molar-refractivity contribution < 1.29 is 8.42 Å². The molecule has 2 heterocycles. The molecule has 7 heteroatoms. The van der Waals surface area contributed by atoms with E-state index in [1.165, 1.54) is 0 Å². The first kappa shape index (κ1) is 19.5. The zero-order chi connectivity index (χ0) is 19.8. The highest BCUT2D eigenvalue weighted by atomic mass is 32.2. The molecule has 0 atom stereocenters. The van der Waals surface area contributed by atoms with Crippen LogP contribution in [0.5, 0.6) is 0 Å². The maximum Gasteiger partial charge on any atom is 0.212 e. The topological polar surface area (TPSA) is 76.4 Å². The predicted octanol–water partition coefficient (Wildman–Crippen LogP) is 3.24. The van der Waals surface area contributed by atoms with Gasteiger partial charge < -0.3 is 5.32 Å². The molecule has 0 saturated carbocycles. The van der Waals surface area contributed by atoms with E-state index in [0.717, 1.165) is 17.0 Å². The maximum atomic E-state index is 13.3. The molecule has 3 aromatic rings. The molecule has 0 aliphatic heterocycles. The molecular formula is C20H26N4O2S. The van der Waals surface area contributed by atoms with E-state index in [2.05, 4.69) is 29.2 Å². The lowest BCUT2D eigenvalue weighted by Gasteiger charge is -2.14. The average molecular weight is 387 g/mol. The fraction of sp³-hybridized carbons (Fsp3) is 0.400. The molecule has 0 saturated heterocycles. The van der Waals surface area contributed by atoms with Gasteiger partial charge in [0.2, 0.25) is 9.84 Å². The van der Waals surface area contributed by atoms with Crippen LogP contribution in [-0.2, 0) is 22.8 Å². The van der Waals surface area contributed by atoms with Gasteiger partial charge in [0, 0.05) is 29.5 Å². The van der Waals surface area contributed by atoms with Gasteiger partial charge in [0.05, 0.1) is 10.6 Å². The largest absolute Gasteiger partial charge is 0.310 e. The Labute approximate surface area is 160 Å². The number of sulfone groups is 1. The smallest absolute Gasteiger partial charge is 0.212 e. The number of hydrogen-bond donors (Lipinski definition) is 1. The van der Waals surface area contributed by atoms with Crippen molar-refractivity contribution in [3.05, 3.63) is 53.0 Å². The summed E-state index contributed by atoms with van der Waals surface area (Å²) < 4.78 is 28.3. The quantitative estimate of drug-likeness (QED) is 0.704. The fourth-order valence-electron chi connectivity index (χ4n) is 3.17. The van der Waals surface area contributed by atoms with E-state index in [1.54, 1.807) is 34.8 Å². The van der Waals surface area contributed by atoms with Crippen LogP contribution in [0.25, 0.3) is 5.65 Å². The Morgan fingerprint density at radius 2 is 1.81 bits per heavy atom. The third kappa shape index (κ3) is 3.49. The molecule has 0 spiro atoms. The molecule has 0 fully saturated rings. The van der Waals surface area contributed by atoms with E-state index in [4.69, 9.17) is 0 Å². The van der Waals surface area contributed by atoms with Gasteiger partial charge in [0.25, 0.3) is 0 Å². The molecule has 27 heavy (non-hydrogen) atoms. The number of aromatic nitrogens is 3. The Bertz CT molecular complexity index is 1070. The number of fused-ring (bicyclic) bond motifs is 1. The lowest BCUT2D eigenvalue weighted by molar-refractivity contribution is 0.581. The van der Waals surface area contributed by atoms with E-state index in [1.807, 2.05) is 20.8 Å². The van der Waals surface area contributed by atoms with E-state index in [0.29, 0.717) is 30.3 Å². The monoisotopic (exact) mass is 386 g/mol. The van der Waals surface area contributed by atoms with Crippen LogP contribution >= 0.6 is 0 Å². The molecule has 0 bridgehead atoms. The second-order valence-corrected chi connectivity index (χ2v) is 8.86. The number of nitrogens with zero attached hydrogens (tertiary/aromatic N) is 3. The van der Waals surface area contributed by atoms with Crippen LogP contribution in [0.3, 0.4) is 0 Å². The van der Waals surface area contributed by atoms with Crippen molar-refractivity contribution in [1.29, 1.82) is 0 Å². The summed E-state index contributed by atoms with van der Waals surface area (Å²) in [6, 6.07) is 8.82. The Hall–Kier alpha value is -2.25. The van der Waals surface area contributed by atoms with Gasteiger partial charge >= 0.3 is 0 Å². The normalized spacial score (nSPS) is 12.2. The summed E-state index contributed by atoms with van der Waals surface area (Å²) in [5.41, 5.74) is 3.72. The van der Waals surface area contributed by atoms with Crippen molar-refractivity contribution >= 4 is 15.5 Å². The fourth-order valence-corrected chi connectivity index (χ4v) is 4.79. The molecule has 0 aliphatic rings. The molecule has 1 N–H and O–H groups in total. The summed E-state index contributed by atoms with van der Waals surface area (Å²) in [6.07, 6.45) is 0.517. The van der Waals surface area contributed by atoms with Gasteiger partial charge in [-0.05, 0) is 32.4 Å². The van der Waals surface area contributed by atoms with Crippen LogP contribution in [0.4, 0.5) is 0 Å². The first-order chi connectivity index (χ1) is 12.8. The third-order valence-electron chi connectivity index (χ3n) is 4.70. The highest BCUT2D eigenvalue weighted by Gasteiger charge is 2.29. The Balaban J connectivity index is 2.26. The van der Waals surface area contributed by atoms with Gasteiger partial charge in [0.15, 0.2) is 5.65 Å². The van der Waals surface area contributed by atoms with Crippen LogP contribution in [0.15, 0.2) is 40.1 Å². The SMILES string of the molecule is CCc1nn2c(C)c(CNC(C)C)c(C)nc2c1S(=O)(=O)c1ccccc1. The summed E-state index contributed by atoms with van der Waals surface area (Å²) in [5, 5.41) is 8.00. The molecule has 3 rings (SSSR count). The number of aryl methyl sites for hydroxylation is 3. The summed E-state index contributed by atoms with van der Waals surface area (Å²) in [5.74, 6) is 0. The number of rotatable bonds is 6. The summed E-state index contributed by atoms with van der Waals surface area (Å²) in [7, 11) is -3.70. The van der Waals surface area contributed by atoms with Crippen molar-refractivity contribution in [3.8, 4) is 0 Å². The summed E-state index contributed by atoms with van der Waals surface area (Å²) in [4.78, 5) is 5.13. The molecule has 0 amide bonds. The first-order valence-electron chi connectivity index (χ1n) is 9.18. The third-order valence-corrected chi connectivity index (χ3v) is 6.54. The number of benzene rings is 1. The predicted molar refractivity (Wildman–Crippen MR) is 106 cm³/mol. The van der Waals surface area contributed by atoms with E-state index >= 15 is 0 Å². The van der Waals surface area contributed by atoms with Crippen LogP contribution in [-0.4, -0.2) is 29.1 Å². The minimum absolute atomic E-state index is 0.214. The Morgan fingerprint density at radius 1 is 1.15 bits per heavy atom. The van der Waals surface area contributed by atoms with Crippen LogP contribution in [0, 0.1) is 13.8 Å². The van der Waals surface area contributed by atoms with Gasteiger partial charge in [-0.3, -0.25) is 0 Å². The van der Waals surface area contributed by atoms with Gasteiger partial charge in [-0.2, -0.15) is 5.10 Å². The van der Waals surface area contributed by atoms with Gasteiger partial charge in [-0.25, -0.2) is 17.9 Å². The summed E-state index contributed by atoms with van der Waals surface area (Å²) >= 11 is 0. The zero-order valence-electron chi connectivity index (χ0n) is 16.4. The molecule has 0 radical (unpaired) electrons.